The lowest BCUT2D eigenvalue weighted by atomic mass is 9.99. The number of hydrogen-bond acceptors (Lipinski definition) is 2. The standard InChI is InChI=1S/C10H18N2O/c1-7-2-5-9(11)6-12(7)10(13)8-3-4-8/h7-9H,2-6,11H2,1H3. The molecule has 1 aliphatic heterocycles. The van der Waals surface area contributed by atoms with Crippen LogP contribution in [-0.4, -0.2) is 29.4 Å². The Labute approximate surface area is 79.3 Å². The minimum Gasteiger partial charge on any atom is -0.338 e. The van der Waals surface area contributed by atoms with Gasteiger partial charge in [-0.25, -0.2) is 0 Å². The number of nitrogens with zero attached hydrogens (tertiary/aromatic N) is 1. The highest BCUT2D eigenvalue weighted by atomic mass is 16.2. The maximum atomic E-state index is 11.8. The van der Waals surface area contributed by atoms with Gasteiger partial charge in [-0.2, -0.15) is 0 Å². The molecule has 2 unspecified atom stereocenters. The van der Waals surface area contributed by atoms with Crippen molar-refractivity contribution in [1.29, 1.82) is 0 Å². The van der Waals surface area contributed by atoms with Gasteiger partial charge in [0.05, 0.1) is 0 Å². The maximum Gasteiger partial charge on any atom is 0.225 e. The summed E-state index contributed by atoms with van der Waals surface area (Å²) in [5, 5.41) is 0. The van der Waals surface area contributed by atoms with Crippen molar-refractivity contribution in [3.63, 3.8) is 0 Å². The van der Waals surface area contributed by atoms with Crippen LogP contribution in [0.4, 0.5) is 0 Å². The highest BCUT2D eigenvalue weighted by Crippen LogP contribution is 2.33. The van der Waals surface area contributed by atoms with Crippen molar-refractivity contribution in [2.75, 3.05) is 6.54 Å². The molecule has 74 valence electrons. The molecule has 2 fully saturated rings. The Kier molecular flexibility index (Phi) is 2.28. The number of amides is 1. The molecule has 0 aromatic heterocycles. The summed E-state index contributed by atoms with van der Waals surface area (Å²) in [4.78, 5) is 13.8. The average Bonchev–Trinajstić information content (AvgIpc) is 2.91. The van der Waals surface area contributed by atoms with Crippen LogP contribution in [0.25, 0.3) is 0 Å². The van der Waals surface area contributed by atoms with E-state index in [0.29, 0.717) is 17.9 Å². The second-order valence-corrected chi connectivity index (χ2v) is 4.45. The maximum absolute atomic E-state index is 11.8. The van der Waals surface area contributed by atoms with Gasteiger partial charge in [-0.1, -0.05) is 0 Å². The summed E-state index contributed by atoms with van der Waals surface area (Å²) in [5.41, 5.74) is 5.85. The molecule has 3 heteroatoms. The van der Waals surface area contributed by atoms with Crippen molar-refractivity contribution in [2.45, 2.75) is 44.7 Å². The molecule has 2 aliphatic rings. The molecular weight excluding hydrogens is 164 g/mol. The van der Waals surface area contributed by atoms with Gasteiger partial charge in [0.2, 0.25) is 5.91 Å². The van der Waals surface area contributed by atoms with Crippen LogP contribution in [0.15, 0.2) is 0 Å². The van der Waals surface area contributed by atoms with Crippen LogP contribution in [0.2, 0.25) is 0 Å². The van der Waals surface area contributed by atoms with Gasteiger partial charge in [0.25, 0.3) is 0 Å². The molecule has 0 aromatic rings. The molecule has 1 heterocycles. The van der Waals surface area contributed by atoms with Crippen LogP contribution in [0, 0.1) is 5.92 Å². The van der Waals surface area contributed by atoms with Gasteiger partial charge >= 0.3 is 0 Å². The predicted molar refractivity (Wildman–Crippen MR) is 51.1 cm³/mol. The van der Waals surface area contributed by atoms with E-state index in [4.69, 9.17) is 5.73 Å². The van der Waals surface area contributed by atoms with Gasteiger partial charge in [0.15, 0.2) is 0 Å². The summed E-state index contributed by atoms with van der Waals surface area (Å²) in [7, 11) is 0. The average molecular weight is 182 g/mol. The summed E-state index contributed by atoms with van der Waals surface area (Å²) >= 11 is 0. The largest absolute Gasteiger partial charge is 0.338 e. The lowest BCUT2D eigenvalue weighted by Crippen LogP contribution is -2.50. The first-order valence-corrected chi connectivity index (χ1v) is 5.24. The normalized spacial score (nSPS) is 34.8. The van der Waals surface area contributed by atoms with Crippen LogP contribution in [0.5, 0.6) is 0 Å². The van der Waals surface area contributed by atoms with Crippen LogP contribution in [0.3, 0.4) is 0 Å². The van der Waals surface area contributed by atoms with Crippen LogP contribution < -0.4 is 5.73 Å². The molecule has 2 atom stereocenters. The summed E-state index contributed by atoms with van der Waals surface area (Å²) in [6, 6.07) is 0.617. The number of nitrogens with two attached hydrogens (primary N) is 1. The van der Waals surface area contributed by atoms with Crippen molar-refractivity contribution in [2.24, 2.45) is 11.7 Å². The van der Waals surface area contributed by atoms with E-state index in [0.717, 1.165) is 32.2 Å². The summed E-state index contributed by atoms with van der Waals surface area (Å²) < 4.78 is 0. The van der Waals surface area contributed by atoms with Crippen molar-refractivity contribution >= 4 is 5.91 Å². The van der Waals surface area contributed by atoms with Crippen LogP contribution in [-0.2, 0) is 4.79 Å². The zero-order chi connectivity index (χ0) is 9.42. The van der Waals surface area contributed by atoms with Crippen LogP contribution >= 0.6 is 0 Å². The van der Waals surface area contributed by atoms with Crippen molar-refractivity contribution < 1.29 is 4.79 Å². The monoisotopic (exact) mass is 182 g/mol. The Bertz CT molecular complexity index is 213. The number of piperidine rings is 1. The van der Waals surface area contributed by atoms with Gasteiger partial charge in [0, 0.05) is 24.5 Å². The first kappa shape index (κ1) is 9.00. The van der Waals surface area contributed by atoms with Crippen molar-refractivity contribution in [1.82, 2.24) is 4.90 Å². The van der Waals surface area contributed by atoms with Gasteiger partial charge in [-0.05, 0) is 32.6 Å². The third-order valence-corrected chi connectivity index (χ3v) is 3.13. The number of carbonyl (C=O) groups is 1. The number of rotatable bonds is 1. The Morgan fingerprint density at radius 1 is 1.31 bits per heavy atom. The molecule has 1 saturated carbocycles. The number of carbonyl (C=O) groups excluding carboxylic acids is 1. The summed E-state index contributed by atoms with van der Waals surface area (Å²) in [5.74, 6) is 0.690. The second kappa shape index (κ2) is 3.29. The molecule has 1 amide bonds. The lowest BCUT2D eigenvalue weighted by molar-refractivity contribution is -0.136. The lowest BCUT2D eigenvalue weighted by Gasteiger charge is -2.36. The SMILES string of the molecule is CC1CCC(N)CN1C(=O)C1CC1. The van der Waals surface area contributed by atoms with Crippen molar-refractivity contribution in [3.8, 4) is 0 Å². The molecule has 0 spiro atoms. The molecule has 13 heavy (non-hydrogen) atoms. The smallest absolute Gasteiger partial charge is 0.225 e. The molecule has 0 radical (unpaired) electrons. The fourth-order valence-electron chi connectivity index (χ4n) is 2.01. The minimum atomic E-state index is 0.207. The van der Waals surface area contributed by atoms with Gasteiger partial charge < -0.3 is 10.6 Å². The number of hydrogen-bond donors (Lipinski definition) is 1. The fourth-order valence-corrected chi connectivity index (χ4v) is 2.01. The zero-order valence-corrected chi connectivity index (χ0v) is 8.20. The molecule has 3 nitrogen and oxygen atoms in total. The molecule has 0 bridgehead atoms. The summed E-state index contributed by atoms with van der Waals surface area (Å²) in [6.07, 6.45) is 4.32. The zero-order valence-electron chi connectivity index (χ0n) is 8.20. The fraction of sp³-hybridized carbons (Fsp3) is 0.900. The van der Waals surface area contributed by atoms with E-state index < -0.39 is 0 Å². The van der Waals surface area contributed by atoms with E-state index in [2.05, 4.69) is 6.92 Å². The Morgan fingerprint density at radius 3 is 2.62 bits per heavy atom. The van der Waals surface area contributed by atoms with Gasteiger partial charge in [-0.3, -0.25) is 4.79 Å². The first-order valence-electron chi connectivity index (χ1n) is 5.24. The Hall–Kier alpha value is -0.570. The molecule has 1 saturated heterocycles. The minimum absolute atomic E-state index is 0.207. The van der Waals surface area contributed by atoms with E-state index in [1.54, 1.807) is 0 Å². The number of likely N-dealkylation sites (tertiary alicyclic amines) is 1. The molecule has 0 aromatic carbocycles. The quantitative estimate of drug-likeness (QED) is 0.650. The highest BCUT2D eigenvalue weighted by Gasteiger charge is 2.37. The van der Waals surface area contributed by atoms with Crippen molar-refractivity contribution in [3.05, 3.63) is 0 Å². The Morgan fingerprint density at radius 2 is 2.00 bits per heavy atom. The topological polar surface area (TPSA) is 46.3 Å². The van der Waals surface area contributed by atoms with Gasteiger partial charge in [-0.15, -0.1) is 0 Å². The van der Waals surface area contributed by atoms with Crippen LogP contribution in [0.1, 0.15) is 32.6 Å². The first-order chi connectivity index (χ1) is 6.18. The molecule has 2 rings (SSSR count). The Balaban J connectivity index is 1.97. The van der Waals surface area contributed by atoms with E-state index in [1.165, 1.54) is 0 Å². The third-order valence-electron chi connectivity index (χ3n) is 3.13. The third kappa shape index (κ3) is 1.85. The predicted octanol–water partition coefficient (Wildman–Crippen LogP) is 0.735. The second-order valence-electron chi connectivity index (χ2n) is 4.45. The molecule has 1 aliphatic carbocycles. The van der Waals surface area contributed by atoms with Gasteiger partial charge in [0.1, 0.15) is 0 Å². The molecular formula is C10H18N2O. The van der Waals surface area contributed by atoms with E-state index in [-0.39, 0.29) is 6.04 Å². The molecule has 2 N–H and O–H groups in total. The van der Waals surface area contributed by atoms with E-state index in [1.807, 2.05) is 4.90 Å². The summed E-state index contributed by atoms with van der Waals surface area (Å²) in [6.45, 7) is 2.91. The van der Waals surface area contributed by atoms with E-state index in [9.17, 15) is 4.79 Å². The highest BCUT2D eigenvalue weighted by molar-refractivity contribution is 5.81. The van der Waals surface area contributed by atoms with E-state index >= 15 is 0 Å².